The lowest BCUT2D eigenvalue weighted by Gasteiger charge is -2.21. The maximum Gasteiger partial charge on any atom is 0.326 e. The predicted octanol–water partition coefficient (Wildman–Crippen LogP) is 3.05. The molecule has 27 heavy (non-hydrogen) atoms. The molecule has 1 unspecified atom stereocenters. The molecule has 1 atom stereocenters. The Morgan fingerprint density at radius 1 is 1.26 bits per heavy atom. The molecule has 0 radical (unpaired) electrons. The zero-order valence-corrected chi connectivity index (χ0v) is 15.9. The van der Waals surface area contributed by atoms with Crippen molar-refractivity contribution in [2.24, 2.45) is 0 Å². The number of amides is 1. The van der Waals surface area contributed by atoms with Crippen molar-refractivity contribution in [1.82, 2.24) is 10.3 Å². The second-order valence-electron chi connectivity index (χ2n) is 7.19. The average Bonchev–Trinajstić information content (AvgIpc) is 3.08. The number of rotatable bonds is 9. The molecule has 0 aliphatic heterocycles. The van der Waals surface area contributed by atoms with Crippen LogP contribution < -0.4 is 5.32 Å². The van der Waals surface area contributed by atoms with Gasteiger partial charge in [0, 0.05) is 31.4 Å². The third kappa shape index (κ3) is 7.22. The second kappa shape index (κ2) is 9.32. The number of aliphatic carboxylic acids is 1. The van der Waals surface area contributed by atoms with Crippen molar-refractivity contribution in [2.75, 3.05) is 6.61 Å². The first kappa shape index (κ1) is 20.6. The highest BCUT2D eigenvalue weighted by Crippen LogP contribution is 2.20. The lowest BCUT2D eigenvalue weighted by Crippen LogP contribution is -2.42. The average molecular weight is 374 g/mol. The van der Waals surface area contributed by atoms with Gasteiger partial charge in [0.05, 0.1) is 11.8 Å². The summed E-state index contributed by atoms with van der Waals surface area (Å²) in [4.78, 5) is 27.6. The number of nitrogens with one attached hydrogen (secondary N) is 1. The van der Waals surface area contributed by atoms with Gasteiger partial charge in [-0.25, -0.2) is 9.78 Å². The molecule has 0 saturated carbocycles. The Kier molecular flexibility index (Phi) is 7.12. The van der Waals surface area contributed by atoms with Crippen LogP contribution in [0.25, 0.3) is 11.3 Å². The third-order valence-electron chi connectivity index (χ3n) is 3.75. The van der Waals surface area contributed by atoms with Crippen LogP contribution in [0.15, 0.2) is 40.9 Å². The number of hydrogen-bond donors (Lipinski definition) is 2. The molecule has 2 aromatic rings. The van der Waals surface area contributed by atoms with E-state index in [1.807, 2.05) is 51.1 Å². The van der Waals surface area contributed by atoms with E-state index in [1.54, 1.807) is 6.20 Å². The van der Waals surface area contributed by atoms with Gasteiger partial charge in [-0.1, -0.05) is 30.3 Å². The fraction of sp³-hybridized carbons (Fsp3) is 0.450. The minimum absolute atomic E-state index is 0.0959. The van der Waals surface area contributed by atoms with Crippen molar-refractivity contribution in [3.05, 3.63) is 42.4 Å². The standard InChI is InChI=1S/C20H26N2O5/c1-20(2,3)26-12-11-15(19(24)25)22-17(23)9-10-18-21-13-16(27-18)14-7-5-4-6-8-14/h4-8,13,15H,9-12H2,1-3H3,(H,22,23)(H,24,25). The quantitative estimate of drug-likeness (QED) is 0.699. The molecular formula is C20H26N2O5. The minimum Gasteiger partial charge on any atom is -0.480 e. The largest absolute Gasteiger partial charge is 0.480 e. The molecule has 0 bridgehead atoms. The molecule has 7 nitrogen and oxygen atoms in total. The molecule has 1 aromatic carbocycles. The molecule has 0 aliphatic carbocycles. The van der Waals surface area contributed by atoms with E-state index in [9.17, 15) is 14.7 Å². The summed E-state index contributed by atoms with van der Waals surface area (Å²) in [5, 5.41) is 11.8. The number of carbonyl (C=O) groups is 2. The van der Waals surface area contributed by atoms with Gasteiger partial charge in [-0.3, -0.25) is 4.79 Å². The van der Waals surface area contributed by atoms with Gasteiger partial charge in [-0.15, -0.1) is 0 Å². The van der Waals surface area contributed by atoms with E-state index in [1.165, 1.54) is 0 Å². The second-order valence-corrected chi connectivity index (χ2v) is 7.19. The molecular weight excluding hydrogens is 348 g/mol. The summed E-state index contributed by atoms with van der Waals surface area (Å²) in [5.41, 5.74) is 0.555. The third-order valence-corrected chi connectivity index (χ3v) is 3.75. The molecule has 0 fully saturated rings. The SMILES string of the molecule is CC(C)(C)OCCC(NC(=O)CCc1ncc(-c2ccccc2)o1)C(=O)O. The lowest BCUT2D eigenvalue weighted by molar-refractivity contribution is -0.142. The Morgan fingerprint density at radius 3 is 2.59 bits per heavy atom. The normalized spacial score (nSPS) is 12.6. The van der Waals surface area contributed by atoms with E-state index >= 15 is 0 Å². The molecule has 2 rings (SSSR count). The van der Waals surface area contributed by atoms with Crippen LogP contribution in [-0.4, -0.2) is 40.2 Å². The summed E-state index contributed by atoms with van der Waals surface area (Å²) in [5.74, 6) is -0.373. The number of nitrogens with zero attached hydrogens (tertiary/aromatic N) is 1. The van der Waals surface area contributed by atoms with E-state index < -0.39 is 12.0 Å². The molecule has 0 spiro atoms. The molecule has 7 heteroatoms. The van der Waals surface area contributed by atoms with E-state index in [0.29, 0.717) is 18.1 Å². The van der Waals surface area contributed by atoms with Gasteiger partial charge in [0.1, 0.15) is 6.04 Å². The Hall–Kier alpha value is -2.67. The van der Waals surface area contributed by atoms with Crippen molar-refractivity contribution >= 4 is 11.9 Å². The van der Waals surface area contributed by atoms with Crippen LogP contribution in [0.4, 0.5) is 0 Å². The number of aryl methyl sites for hydroxylation is 1. The fourth-order valence-corrected chi connectivity index (χ4v) is 2.39. The number of carboxylic acids is 1. The summed E-state index contributed by atoms with van der Waals surface area (Å²) < 4.78 is 11.2. The van der Waals surface area contributed by atoms with Crippen molar-refractivity contribution < 1.29 is 23.8 Å². The number of carboxylic acid groups (broad SMARTS) is 1. The van der Waals surface area contributed by atoms with Crippen LogP contribution in [0.1, 0.15) is 39.5 Å². The van der Waals surface area contributed by atoms with E-state index in [-0.39, 0.29) is 31.0 Å². The fourth-order valence-electron chi connectivity index (χ4n) is 2.39. The van der Waals surface area contributed by atoms with Crippen molar-refractivity contribution in [3.8, 4) is 11.3 Å². The Morgan fingerprint density at radius 2 is 1.96 bits per heavy atom. The Labute approximate surface area is 158 Å². The first-order valence-corrected chi connectivity index (χ1v) is 8.91. The first-order valence-electron chi connectivity index (χ1n) is 8.91. The summed E-state index contributed by atoms with van der Waals surface area (Å²) in [6.45, 7) is 5.92. The first-order chi connectivity index (χ1) is 12.7. The predicted molar refractivity (Wildman–Crippen MR) is 100 cm³/mol. The van der Waals surface area contributed by atoms with Gasteiger partial charge < -0.3 is 19.6 Å². The highest BCUT2D eigenvalue weighted by Gasteiger charge is 2.21. The van der Waals surface area contributed by atoms with Gasteiger partial charge in [-0.2, -0.15) is 0 Å². The summed E-state index contributed by atoms with van der Waals surface area (Å²) in [6, 6.07) is 8.56. The highest BCUT2D eigenvalue weighted by atomic mass is 16.5. The number of oxazole rings is 1. The van der Waals surface area contributed by atoms with Crippen LogP contribution in [0.5, 0.6) is 0 Å². The molecule has 1 heterocycles. The van der Waals surface area contributed by atoms with Crippen LogP contribution in [0.2, 0.25) is 0 Å². The Balaban J connectivity index is 1.82. The van der Waals surface area contributed by atoms with E-state index in [4.69, 9.17) is 9.15 Å². The molecule has 146 valence electrons. The van der Waals surface area contributed by atoms with Crippen LogP contribution >= 0.6 is 0 Å². The van der Waals surface area contributed by atoms with Crippen LogP contribution in [0.3, 0.4) is 0 Å². The molecule has 1 amide bonds. The Bertz CT molecular complexity index is 749. The highest BCUT2D eigenvalue weighted by molar-refractivity contribution is 5.83. The number of carbonyl (C=O) groups excluding carboxylic acids is 1. The van der Waals surface area contributed by atoms with Crippen molar-refractivity contribution in [1.29, 1.82) is 0 Å². The number of aromatic nitrogens is 1. The van der Waals surface area contributed by atoms with Crippen LogP contribution in [-0.2, 0) is 20.7 Å². The van der Waals surface area contributed by atoms with E-state index in [2.05, 4.69) is 10.3 Å². The van der Waals surface area contributed by atoms with Gasteiger partial charge in [0.15, 0.2) is 11.7 Å². The van der Waals surface area contributed by atoms with Gasteiger partial charge in [0.2, 0.25) is 5.91 Å². The minimum atomic E-state index is -1.08. The van der Waals surface area contributed by atoms with Crippen molar-refractivity contribution in [2.45, 2.75) is 51.7 Å². The molecule has 1 aromatic heterocycles. The van der Waals surface area contributed by atoms with Gasteiger partial charge in [-0.05, 0) is 20.8 Å². The smallest absolute Gasteiger partial charge is 0.326 e. The number of benzene rings is 1. The topological polar surface area (TPSA) is 102 Å². The van der Waals surface area contributed by atoms with Crippen LogP contribution in [0, 0.1) is 0 Å². The maximum atomic E-state index is 12.1. The number of hydrogen-bond acceptors (Lipinski definition) is 5. The molecule has 0 saturated heterocycles. The zero-order valence-electron chi connectivity index (χ0n) is 15.9. The molecule has 0 aliphatic rings. The summed E-state index contributed by atoms with van der Waals surface area (Å²) in [7, 11) is 0. The van der Waals surface area contributed by atoms with E-state index in [0.717, 1.165) is 5.56 Å². The summed E-state index contributed by atoms with van der Waals surface area (Å²) >= 11 is 0. The lowest BCUT2D eigenvalue weighted by atomic mass is 10.1. The maximum absolute atomic E-state index is 12.1. The van der Waals surface area contributed by atoms with Gasteiger partial charge >= 0.3 is 5.97 Å². The molecule has 2 N–H and O–H groups in total. The van der Waals surface area contributed by atoms with Crippen molar-refractivity contribution in [3.63, 3.8) is 0 Å². The zero-order chi connectivity index (χ0) is 19.9. The monoisotopic (exact) mass is 374 g/mol. The van der Waals surface area contributed by atoms with Gasteiger partial charge in [0.25, 0.3) is 0 Å². The number of ether oxygens (including phenoxy) is 1. The summed E-state index contributed by atoms with van der Waals surface area (Å²) in [6.07, 6.45) is 2.21.